The van der Waals surface area contributed by atoms with Crippen LogP contribution in [0.2, 0.25) is 0 Å². The van der Waals surface area contributed by atoms with Crippen molar-refractivity contribution in [2.24, 2.45) is 0 Å². The second-order valence-corrected chi connectivity index (χ2v) is 9.21. The Morgan fingerprint density at radius 2 is 1.90 bits per heavy atom. The lowest BCUT2D eigenvalue weighted by atomic mass is 10.0. The molecule has 3 heterocycles. The van der Waals surface area contributed by atoms with E-state index in [1.807, 2.05) is 42.5 Å². The van der Waals surface area contributed by atoms with Gasteiger partial charge in [0, 0.05) is 36.5 Å². The minimum atomic E-state index is -0.142. The molecule has 3 N–H and O–H groups in total. The van der Waals surface area contributed by atoms with Gasteiger partial charge in [-0.3, -0.25) is 4.79 Å². The Morgan fingerprint density at radius 1 is 1.00 bits per heavy atom. The van der Waals surface area contributed by atoms with Gasteiger partial charge in [-0.15, -0.1) is 10.2 Å². The number of amides is 1. The lowest BCUT2D eigenvalue weighted by Crippen LogP contribution is -2.26. The molecule has 3 aromatic heterocycles. The van der Waals surface area contributed by atoms with Crippen molar-refractivity contribution in [3.8, 4) is 45.5 Å². The molecule has 40 heavy (non-hydrogen) atoms. The summed E-state index contributed by atoms with van der Waals surface area (Å²) < 4.78 is 5.40. The van der Waals surface area contributed by atoms with Gasteiger partial charge in [0.25, 0.3) is 5.91 Å². The summed E-state index contributed by atoms with van der Waals surface area (Å²) in [5.74, 6) is 1.39. The lowest BCUT2D eigenvalue weighted by Gasteiger charge is -2.17. The number of H-pyrrole nitrogens is 2. The summed E-state index contributed by atoms with van der Waals surface area (Å²) in [6, 6.07) is 21.9. The zero-order valence-electron chi connectivity index (χ0n) is 21.7. The van der Waals surface area contributed by atoms with Crippen molar-refractivity contribution in [3.05, 3.63) is 90.1 Å². The molecule has 198 valence electrons. The highest BCUT2D eigenvalue weighted by atomic mass is 16.5. The zero-order valence-corrected chi connectivity index (χ0v) is 21.7. The van der Waals surface area contributed by atoms with Crippen molar-refractivity contribution >= 4 is 16.9 Å². The molecule has 3 aromatic carbocycles. The number of aromatic amines is 2. The SMILES string of the molecule is COc1ncccc1-c1ccc(O)c(-c2nc3ccc(C(=O)N(C)Cc4cccc(-c5nn[nH]n5)c4)cc3[nH]2)c1. The number of nitrogens with one attached hydrogen (secondary N) is 2. The van der Waals surface area contributed by atoms with Gasteiger partial charge in [-0.1, -0.05) is 24.3 Å². The number of tetrazole rings is 1. The molecule has 11 heteroatoms. The van der Waals surface area contributed by atoms with E-state index in [2.05, 4.69) is 35.6 Å². The molecule has 0 spiro atoms. The van der Waals surface area contributed by atoms with E-state index in [0.717, 1.165) is 22.3 Å². The van der Waals surface area contributed by atoms with Crippen LogP contribution in [0.5, 0.6) is 11.6 Å². The molecule has 0 fully saturated rings. The van der Waals surface area contributed by atoms with Crippen LogP contribution in [-0.2, 0) is 6.54 Å². The number of carbonyl (C=O) groups excluding carboxylic acids is 1. The third-order valence-corrected chi connectivity index (χ3v) is 6.55. The summed E-state index contributed by atoms with van der Waals surface area (Å²) in [6.07, 6.45) is 1.66. The number of phenols is 1. The van der Waals surface area contributed by atoms with Crippen LogP contribution in [0.3, 0.4) is 0 Å². The summed E-state index contributed by atoms with van der Waals surface area (Å²) in [7, 11) is 3.32. The van der Waals surface area contributed by atoms with Crippen molar-refractivity contribution in [3.63, 3.8) is 0 Å². The van der Waals surface area contributed by atoms with Gasteiger partial charge in [0.2, 0.25) is 11.7 Å². The third kappa shape index (κ3) is 4.71. The van der Waals surface area contributed by atoms with Crippen LogP contribution < -0.4 is 4.74 Å². The van der Waals surface area contributed by atoms with E-state index in [-0.39, 0.29) is 11.7 Å². The number of aromatic hydroxyl groups is 1. The number of carbonyl (C=O) groups is 1. The van der Waals surface area contributed by atoms with E-state index in [1.165, 1.54) is 0 Å². The Balaban J connectivity index is 1.26. The smallest absolute Gasteiger partial charge is 0.253 e. The normalized spacial score (nSPS) is 11.1. The summed E-state index contributed by atoms with van der Waals surface area (Å²) >= 11 is 0. The molecular formula is C29H24N8O3. The van der Waals surface area contributed by atoms with Gasteiger partial charge in [-0.05, 0) is 64.9 Å². The molecular weight excluding hydrogens is 508 g/mol. The molecule has 6 aromatic rings. The third-order valence-electron chi connectivity index (χ3n) is 6.55. The second-order valence-electron chi connectivity index (χ2n) is 9.21. The molecule has 0 saturated carbocycles. The monoisotopic (exact) mass is 532 g/mol. The fraction of sp³-hybridized carbons (Fsp3) is 0.103. The Bertz CT molecular complexity index is 1830. The molecule has 0 aliphatic rings. The number of hydrogen-bond donors (Lipinski definition) is 3. The summed E-state index contributed by atoms with van der Waals surface area (Å²) in [5, 5.41) is 24.7. The number of hydrogen-bond acceptors (Lipinski definition) is 8. The fourth-order valence-electron chi connectivity index (χ4n) is 4.60. The first-order valence-electron chi connectivity index (χ1n) is 12.4. The minimum absolute atomic E-state index is 0.0738. The Hall–Kier alpha value is -5.58. The van der Waals surface area contributed by atoms with Gasteiger partial charge in [-0.2, -0.15) is 5.21 Å². The predicted molar refractivity (Wildman–Crippen MR) is 148 cm³/mol. The first kappa shape index (κ1) is 24.7. The highest BCUT2D eigenvalue weighted by Gasteiger charge is 2.17. The van der Waals surface area contributed by atoms with E-state index in [1.54, 1.807) is 55.6 Å². The number of phenolic OH excluding ortho intramolecular Hbond substituents is 1. The number of imidazole rings is 1. The maximum absolute atomic E-state index is 13.3. The van der Waals surface area contributed by atoms with Crippen LogP contribution in [-0.4, -0.2) is 65.6 Å². The molecule has 0 radical (unpaired) electrons. The van der Waals surface area contributed by atoms with Gasteiger partial charge < -0.3 is 19.7 Å². The molecule has 0 saturated heterocycles. The quantitative estimate of drug-likeness (QED) is 0.273. The van der Waals surface area contributed by atoms with Crippen molar-refractivity contribution in [1.29, 1.82) is 0 Å². The standard InChI is InChI=1S/C29H24N8O3/c1-37(16-17-5-3-6-19(13-17)26-33-35-36-34-26)29(39)20-8-10-23-24(15-20)32-27(31-23)22-14-18(9-11-25(22)38)21-7-4-12-30-28(21)40-2/h3-15,38H,16H2,1-2H3,(H,31,32)(H,33,34,35,36). The van der Waals surface area contributed by atoms with E-state index < -0.39 is 0 Å². The van der Waals surface area contributed by atoms with Gasteiger partial charge in [0.1, 0.15) is 11.6 Å². The average molecular weight is 533 g/mol. The topological polar surface area (TPSA) is 146 Å². The fourth-order valence-corrected chi connectivity index (χ4v) is 4.60. The molecule has 0 unspecified atom stereocenters. The van der Waals surface area contributed by atoms with E-state index >= 15 is 0 Å². The number of rotatable bonds is 7. The van der Waals surface area contributed by atoms with Gasteiger partial charge in [0.15, 0.2) is 0 Å². The van der Waals surface area contributed by atoms with Crippen molar-refractivity contribution in [2.45, 2.75) is 6.54 Å². The number of aromatic nitrogens is 7. The van der Waals surface area contributed by atoms with Crippen LogP contribution in [0, 0.1) is 0 Å². The molecule has 1 amide bonds. The Labute approximate surface area is 228 Å². The van der Waals surface area contributed by atoms with Crippen molar-refractivity contribution in [1.82, 2.24) is 40.5 Å². The molecule has 0 aliphatic heterocycles. The second kappa shape index (κ2) is 10.3. The van der Waals surface area contributed by atoms with Crippen LogP contribution in [0.15, 0.2) is 79.0 Å². The van der Waals surface area contributed by atoms with Crippen molar-refractivity contribution in [2.75, 3.05) is 14.2 Å². The van der Waals surface area contributed by atoms with E-state index in [0.29, 0.717) is 46.2 Å². The highest BCUT2D eigenvalue weighted by molar-refractivity contribution is 5.97. The molecule has 11 nitrogen and oxygen atoms in total. The van der Waals surface area contributed by atoms with Crippen LogP contribution in [0.25, 0.3) is 44.9 Å². The summed E-state index contributed by atoms with van der Waals surface area (Å²) in [5.41, 5.74) is 5.74. The van der Waals surface area contributed by atoms with E-state index in [4.69, 9.17) is 4.74 Å². The van der Waals surface area contributed by atoms with E-state index in [9.17, 15) is 9.90 Å². The first-order chi connectivity index (χ1) is 19.5. The Kier molecular flexibility index (Phi) is 6.37. The number of methoxy groups -OCH3 is 1. The van der Waals surface area contributed by atoms with Crippen molar-refractivity contribution < 1.29 is 14.6 Å². The average Bonchev–Trinajstić information content (AvgIpc) is 3.67. The van der Waals surface area contributed by atoms with Crippen LogP contribution >= 0.6 is 0 Å². The molecule has 0 aliphatic carbocycles. The molecule has 0 bridgehead atoms. The summed E-state index contributed by atoms with van der Waals surface area (Å²) in [4.78, 5) is 27.1. The summed E-state index contributed by atoms with van der Waals surface area (Å²) in [6.45, 7) is 0.398. The molecule has 6 rings (SSSR count). The highest BCUT2D eigenvalue weighted by Crippen LogP contribution is 2.35. The maximum Gasteiger partial charge on any atom is 0.253 e. The van der Waals surface area contributed by atoms with Crippen LogP contribution in [0.4, 0.5) is 0 Å². The largest absolute Gasteiger partial charge is 0.507 e. The Morgan fingerprint density at radius 3 is 2.73 bits per heavy atom. The zero-order chi connectivity index (χ0) is 27.6. The van der Waals surface area contributed by atoms with Gasteiger partial charge >= 0.3 is 0 Å². The predicted octanol–water partition coefficient (Wildman–Crippen LogP) is 4.46. The first-order valence-corrected chi connectivity index (χ1v) is 12.4. The minimum Gasteiger partial charge on any atom is -0.507 e. The molecule has 0 atom stereocenters. The van der Waals surface area contributed by atoms with Gasteiger partial charge in [0.05, 0.1) is 23.7 Å². The van der Waals surface area contributed by atoms with Crippen LogP contribution in [0.1, 0.15) is 15.9 Å². The number of ether oxygens (including phenoxy) is 1. The van der Waals surface area contributed by atoms with Gasteiger partial charge in [-0.25, -0.2) is 9.97 Å². The number of fused-ring (bicyclic) bond motifs is 1. The maximum atomic E-state index is 13.3. The number of pyridine rings is 1. The lowest BCUT2D eigenvalue weighted by molar-refractivity contribution is 0.0785. The number of benzene rings is 3. The number of nitrogens with zero attached hydrogens (tertiary/aromatic N) is 6.